The number of fused-ring (bicyclic) bond motifs is 1. The molecule has 0 aromatic heterocycles. The molecule has 2 amide bonds. The van der Waals surface area contributed by atoms with E-state index in [4.69, 9.17) is 15.5 Å². The molecule has 1 fully saturated rings. The van der Waals surface area contributed by atoms with E-state index in [1.807, 2.05) is 0 Å². The van der Waals surface area contributed by atoms with Gasteiger partial charge >= 0.3 is 11.9 Å². The summed E-state index contributed by atoms with van der Waals surface area (Å²) in [5.74, 6) is -3.27. The molecule has 0 bridgehead atoms. The molecule has 1 aromatic carbocycles. The second-order valence-corrected chi connectivity index (χ2v) is 7.82. The summed E-state index contributed by atoms with van der Waals surface area (Å²) in [7, 11) is 0. The van der Waals surface area contributed by atoms with Gasteiger partial charge in [0.05, 0.1) is 18.7 Å². The highest BCUT2D eigenvalue weighted by atomic mass is 32.2. The molecular formula is C18H18N6O7S. The molecule has 2 heterocycles. The number of amides is 2. The highest BCUT2D eigenvalue weighted by Crippen LogP contribution is 2.40. The number of carbonyl (C=O) groups is 4. The number of carbonyl (C=O) groups excluding carboxylic acids is 2. The van der Waals surface area contributed by atoms with E-state index in [1.54, 1.807) is 24.3 Å². The van der Waals surface area contributed by atoms with Crippen LogP contribution in [0.3, 0.4) is 0 Å². The number of carboxylic acids is 2. The molecular weight excluding hydrogens is 444 g/mol. The smallest absolute Gasteiger partial charge is 0.352 e. The van der Waals surface area contributed by atoms with Gasteiger partial charge in [0.25, 0.3) is 5.91 Å². The fourth-order valence-electron chi connectivity index (χ4n) is 3.27. The number of β-lactam (4-membered cyclic amide) rings is 1. The van der Waals surface area contributed by atoms with Gasteiger partial charge in [0, 0.05) is 10.7 Å². The number of benzene rings is 1. The molecule has 3 rings (SSSR count). The zero-order chi connectivity index (χ0) is 23.3. The van der Waals surface area contributed by atoms with Crippen molar-refractivity contribution < 1.29 is 34.2 Å². The Hall–Kier alpha value is -3.74. The Bertz CT molecular complexity index is 1040. The van der Waals surface area contributed by atoms with Crippen LogP contribution < -0.4 is 10.8 Å². The van der Waals surface area contributed by atoms with Gasteiger partial charge in [-0.3, -0.25) is 24.8 Å². The van der Waals surface area contributed by atoms with E-state index < -0.39 is 41.8 Å². The van der Waals surface area contributed by atoms with Crippen LogP contribution in [0, 0.1) is 0 Å². The number of para-hydroxylation sites is 1. The minimum atomic E-state index is -1.31. The van der Waals surface area contributed by atoms with Gasteiger partial charge in [0.1, 0.15) is 17.1 Å². The SMILES string of the molecule is [N-]=[N+]=NCC1=C(C(=O)O)N2C(=O)[C@@H](NC(=O)Cc3ccccc3NOCC(=O)O)[C@H]2SC1. The van der Waals surface area contributed by atoms with Crippen LogP contribution in [0.15, 0.2) is 40.6 Å². The Labute approximate surface area is 185 Å². The van der Waals surface area contributed by atoms with Crippen LogP contribution in [0.1, 0.15) is 5.56 Å². The summed E-state index contributed by atoms with van der Waals surface area (Å²) in [5.41, 5.74) is 12.0. The minimum Gasteiger partial charge on any atom is -0.479 e. The molecule has 0 aliphatic carbocycles. The van der Waals surface area contributed by atoms with Crippen LogP contribution in [-0.4, -0.2) is 69.2 Å². The molecule has 1 aromatic rings. The third-order valence-electron chi connectivity index (χ3n) is 4.64. The first-order valence-corrected chi connectivity index (χ1v) is 10.3. The van der Waals surface area contributed by atoms with Crippen molar-refractivity contribution in [3.05, 3.63) is 51.5 Å². The third kappa shape index (κ3) is 4.94. The van der Waals surface area contributed by atoms with E-state index in [2.05, 4.69) is 20.8 Å². The second kappa shape index (κ2) is 10.0. The maximum Gasteiger partial charge on any atom is 0.352 e. The van der Waals surface area contributed by atoms with Gasteiger partial charge in [-0.05, 0) is 22.7 Å². The summed E-state index contributed by atoms with van der Waals surface area (Å²) in [6.45, 7) is -0.737. The van der Waals surface area contributed by atoms with E-state index in [1.165, 1.54) is 11.8 Å². The Morgan fingerprint density at radius 1 is 1.31 bits per heavy atom. The molecule has 0 saturated carbocycles. The lowest BCUT2D eigenvalue weighted by molar-refractivity contribution is -0.150. The molecule has 0 spiro atoms. The van der Waals surface area contributed by atoms with Crippen molar-refractivity contribution in [2.75, 3.05) is 24.4 Å². The second-order valence-electron chi connectivity index (χ2n) is 6.72. The molecule has 4 N–H and O–H groups in total. The van der Waals surface area contributed by atoms with Gasteiger partial charge in [-0.25, -0.2) is 9.59 Å². The standard InChI is InChI=1S/C18H18N6O7S/c19-23-20-6-10-8-32-17-14(16(28)24(17)15(10)18(29)30)21-12(25)5-9-3-1-2-4-11(9)22-31-7-13(26)27/h1-4,14,17,22H,5-8H2,(H,21,25)(H,26,27)(H,29,30)/t14-,17-/m1/s1. The molecule has 2 atom stereocenters. The van der Waals surface area contributed by atoms with Crippen molar-refractivity contribution in [1.82, 2.24) is 10.2 Å². The van der Waals surface area contributed by atoms with Crippen LogP contribution in [0.25, 0.3) is 10.4 Å². The molecule has 2 aliphatic rings. The summed E-state index contributed by atoms with van der Waals surface area (Å²) in [5, 5.41) is 23.6. The number of hydrogen-bond acceptors (Lipinski definition) is 8. The van der Waals surface area contributed by atoms with E-state index >= 15 is 0 Å². The molecule has 0 radical (unpaired) electrons. The number of rotatable bonds is 10. The maximum absolute atomic E-state index is 12.6. The highest BCUT2D eigenvalue weighted by Gasteiger charge is 2.54. The Morgan fingerprint density at radius 2 is 2.06 bits per heavy atom. The first-order chi connectivity index (χ1) is 15.3. The average Bonchev–Trinajstić information content (AvgIpc) is 2.76. The van der Waals surface area contributed by atoms with E-state index in [9.17, 15) is 24.3 Å². The topological polar surface area (TPSA) is 194 Å². The number of nitrogens with zero attached hydrogens (tertiary/aromatic N) is 4. The van der Waals surface area contributed by atoms with Crippen LogP contribution in [0.5, 0.6) is 0 Å². The number of hydrogen-bond donors (Lipinski definition) is 4. The average molecular weight is 462 g/mol. The van der Waals surface area contributed by atoms with Gasteiger partial charge in [0.2, 0.25) is 5.91 Å². The maximum atomic E-state index is 12.6. The quantitative estimate of drug-likeness (QED) is 0.127. The normalized spacial score (nSPS) is 19.4. The van der Waals surface area contributed by atoms with Gasteiger partial charge in [-0.2, -0.15) is 0 Å². The van der Waals surface area contributed by atoms with Crippen LogP contribution >= 0.6 is 11.8 Å². The zero-order valence-corrected chi connectivity index (χ0v) is 17.2. The fourth-order valence-corrected chi connectivity index (χ4v) is 4.60. The summed E-state index contributed by atoms with van der Waals surface area (Å²) in [6, 6.07) is 5.71. The molecule has 2 aliphatic heterocycles. The van der Waals surface area contributed by atoms with Crippen molar-refractivity contribution in [2.45, 2.75) is 17.8 Å². The van der Waals surface area contributed by atoms with Crippen molar-refractivity contribution in [2.24, 2.45) is 5.11 Å². The number of nitrogens with one attached hydrogen (secondary N) is 2. The van der Waals surface area contributed by atoms with Gasteiger partial charge in [-0.15, -0.1) is 11.8 Å². The summed E-state index contributed by atoms with van der Waals surface area (Å²) >= 11 is 1.27. The van der Waals surface area contributed by atoms with Crippen molar-refractivity contribution in [1.29, 1.82) is 0 Å². The van der Waals surface area contributed by atoms with Crippen LogP contribution in [0.4, 0.5) is 5.69 Å². The number of carboxylic acid groups (broad SMARTS) is 2. The van der Waals surface area contributed by atoms with E-state index in [0.717, 1.165) is 4.90 Å². The van der Waals surface area contributed by atoms with E-state index in [-0.39, 0.29) is 24.4 Å². The molecule has 168 valence electrons. The lowest BCUT2D eigenvalue weighted by atomic mass is 10.0. The monoisotopic (exact) mass is 462 g/mol. The minimum absolute atomic E-state index is 0.121. The summed E-state index contributed by atoms with van der Waals surface area (Å²) in [4.78, 5) is 55.9. The molecule has 14 heteroatoms. The molecule has 13 nitrogen and oxygen atoms in total. The predicted octanol–water partition coefficient (Wildman–Crippen LogP) is 0.706. The molecule has 32 heavy (non-hydrogen) atoms. The van der Waals surface area contributed by atoms with Crippen molar-refractivity contribution >= 4 is 41.2 Å². The summed E-state index contributed by atoms with van der Waals surface area (Å²) < 4.78 is 0. The first kappa shape index (κ1) is 22.9. The van der Waals surface area contributed by atoms with Crippen molar-refractivity contribution in [3.63, 3.8) is 0 Å². The largest absolute Gasteiger partial charge is 0.479 e. The number of azide groups is 1. The Kier molecular flexibility index (Phi) is 7.20. The van der Waals surface area contributed by atoms with Gasteiger partial charge < -0.3 is 15.5 Å². The Morgan fingerprint density at radius 3 is 2.75 bits per heavy atom. The number of aliphatic carboxylic acids is 2. The third-order valence-corrected chi connectivity index (χ3v) is 5.98. The lowest BCUT2D eigenvalue weighted by Crippen LogP contribution is -2.70. The number of thioether (sulfide) groups is 1. The van der Waals surface area contributed by atoms with Gasteiger partial charge in [-0.1, -0.05) is 23.3 Å². The highest BCUT2D eigenvalue weighted by molar-refractivity contribution is 8.00. The van der Waals surface area contributed by atoms with Crippen LogP contribution in [0.2, 0.25) is 0 Å². The first-order valence-electron chi connectivity index (χ1n) is 9.21. The predicted molar refractivity (Wildman–Crippen MR) is 111 cm³/mol. The van der Waals surface area contributed by atoms with E-state index in [0.29, 0.717) is 16.8 Å². The fraction of sp³-hybridized carbons (Fsp3) is 0.333. The zero-order valence-electron chi connectivity index (χ0n) is 16.4. The van der Waals surface area contributed by atoms with Crippen molar-refractivity contribution in [3.8, 4) is 0 Å². The Balaban J connectivity index is 1.65. The molecule has 0 unspecified atom stereocenters. The lowest BCUT2D eigenvalue weighted by Gasteiger charge is -2.49. The molecule has 1 saturated heterocycles. The number of anilines is 1. The van der Waals surface area contributed by atoms with Crippen LogP contribution in [-0.2, 0) is 30.4 Å². The van der Waals surface area contributed by atoms with Gasteiger partial charge in [0.15, 0.2) is 6.61 Å². The summed E-state index contributed by atoms with van der Waals surface area (Å²) in [6.07, 6.45) is -0.121.